The Morgan fingerprint density at radius 1 is 1.39 bits per heavy atom. The molecule has 23 heavy (non-hydrogen) atoms. The van der Waals surface area contributed by atoms with Gasteiger partial charge in [-0.3, -0.25) is 0 Å². The van der Waals surface area contributed by atoms with E-state index in [0.29, 0.717) is 6.04 Å². The molecule has 1 aliphatic heterocycles. The van der Waals surface area contributed by atoms with Gasteiger partial charge in [0.2, 0.25) is 0 Å². The summed E-state index contributed by atoms with van der Waals surface area (Å²) >= 11 is 0. The van der Waals surface area contributed by atoms with Gasteiger partial charge in [-0.15, -0.1) is 29.9 Å². The lowest BCUT2D eigenvalue weighted by atomic mass is 10.1. The third-order valence-corrected chi connectivity index (χ3v) is 3.76. The van der Waals surface area contributed by atoms with Gasteiger partial charge < -0.3 is 15.4 Å². The van der Waals surface area contributed by atoms with Gasteiger partial charge in [0, 0.05) is 24.7 Å². The van der Waals surface area contributed by atoms with Crippen LogP contribution in [0.2, 0.25) is 0 Å². The zero-order valence-corrected chi connectivity index (χ0v) is 14.6. The van der Waals surface area contributed by atoms with E-state index < -0.39 is 0 Å². The molecule has 0 amide bonds. The van der Waals surface area contributed by atoms with Crippen LogP contribution in [0.25, 0.3) is 5.69 Å². The SMILES string of the molecule is COc1ccc(-n2cnnn2)cc1CN[C@H]1CCCNC1.Cl.Cl. The molecular formula is C14H22Cl2N6O. The lowest BCUT2D eigenvalue weighted by Gasteiger charge is -2.24. The van der Waals surface area contributed by atoms with E-state index in [-0.39, 0.29) is 24.8 Å². The van der Waals surface area contributed by atoms with Crippen molar-refractivity contribution in [2.45, 2.75) is 25.4 Å². The Labute approximate surface area is 148 Å². The van der Waals surface area contributed by atoms with Crippen LogP contribution in [0, 0.1) is 0 Å². The van der Waals surface area contributed by atoms with Gasteiger partial charge in [0.1, 0.15) is 12.1 Å². The number of halogens is 2. The van der Waals surface area contributed by atoms with Crippen LogP contribution in [-0.2, 0) is 6.54 Å². The minimum atomic E-state index is 0. The normalized spacial score (nSPS) is 17.0. The smallest absolute Gasteiger partial charge is 0.143 e. The lowest BCUT2D eigenvalue weighted by molar-refractivity contribution is 0.378. The Morgan fingerprint density at radius 3 is 2.91 bits per heavy atom. The molecule has 9 heteroatoms. The molecule has 2 N–H and O–H groups in total. The molecule has 0 saturated carbocycles. The van der Waals surface area contributed by atoms with Crippen LogP contribution in [0.1, 0.15) is 18.4 Å². The number of piperidine rings is 1. The largest absolute Gasteiger partial charge is 0.496 e. The van der Waals surface area contributed by atoms with Crippen molar-refractivity contribution in [1.82, 2.24) is 30.8 Å². The molecule has 1 aliphatic rings. The first-order valence-electron chi connectivity index (χ1n) is 7.21. The molecule has 1 saturated heterocycles. The van der Waals surface area contributed by atoms with Gasteiger partial charge in [-0.2, -0.15) is 0 Å². The topological polar surface area (TPSA) is 76.9 Å². The van der Waals surface area contributed by atoms with Crippen LogP contribution in [0.5, 0.6) is 5.75 Å². The first-order chi connectivity index (χ1) is 10.4. The summed E-state index contributed by atoms with van der Waals surface area (Å²) in [6.07, 6.45) is 4.02. The molecular weight excluding hydrogens is 339 g/mol. The highest BCUT2D eigenvalue weighted by Gasteiger charge is 2.13. The highest BCUT2D eigenvalue weighted by atomic mass is 35.5. The zero-order chi connectivity index (χ0) is 14.5. The molecule has 0 bridgehead atoms. The fourth-order valence-corrected chi connectivity index (χ4v) is 2.61. The van der Waals surface area contributed by atoms with Crippen LogP contribution >= 0.6 is 24.8 Å². The number of nitrogens with zero attached hydrogens (tertiary/aromatic N) is 4. The zero-order valence-electron chi connectivity index (χ0n) is 12.9. The number of methoxy groups -OCH3 is 1. The maximum Gasteiger partial charge on any atom is 0.143 e. The molecule has 128 valence electrons. The van der Waals surface area contributed by atoms with Gasteiger partial charge in [0.25, 0.3) is 0 Å². The van der Waals surface area contributed by atoms with E-state index in [1.807, 2.05) is 12.1 Å². The fourth-order valence-electron chi connectivity index (χ4n) is 2.61. The van der Waals surface area contributed by atoms with Crippen molar-refractivity contribution >= 4 is 24.8 Å². The summed E-state index contributed by atoms with van der Waals surface area (Å²) in [5.41, 5.74) is 2.04. The summed E-state index contributed by atoms with van der Waals surface area (Å²) in [5, 5.41) is 18.2. The van der Waals surface area contributed by atoms with Crippen molar-refractivity contribution in [2.24, 2.45) is 0 Å². The van der Waals surface area contributed by atoms with Gasteiger partial charge in [0.15, 0.2) is 0 Å². The summed E-state index contributed by atoms with van der Waals surface area (Å²) in [4.78, 5) is 0. The summed E-state index contributed by atoms with van der Waals surface area (Å²) in [6, 6.07) is 6.46. The Bertz CT molecular complexity index is 575. The molecule has 1 aromatic heterocycles. The summed E-state index contributed by atoms with van der Waals surface area (Å²) in [6.45, 7) is 2.91. The lowest BCUT2D eigenvalue weighted by Crippen LogP contribution is -2.42. The highest BCUT2D eigenvalue weighted by molar-refractivity contribution is 5.85. The number of hydrogen-bond donors (Lipinski definition) is 2. The molecule has 0 spiro atoms. The quantitative estimate of drug-likeness (QED) is 0.838. The van der Waals surface area contributed by atoms with E-state index in [0.717, 1.165) is 36.6 Å². The van der Waals surface area contributed by atoms with Crippen molar-refractivity contribution in [3.05, 3.63) is 30.1 Å². The van der Waals surface area contributed by atoms with Gasteiger partial charge in [0.05, 0.1) is 12.8 Å². The van der Waals surface area contributed by atoms with Crippen molar-refractivity contribution in [2.75, 3.05) is 20.2 Å². The van der Waals surface area contributed by atoms with Crippen LogP contribution in [-0.4, -0.2) is 46.4 Å². The van der Waals surface area contributed by atoms with Crippen molar-refractivity contribution in [3.8, 4) is 11.4 Å². The number of benzene rings is 1. The van der Waals surface area contributed by atoms with E-state index in [1.54, 1.807) is 18.1 Å². The molecule has 1 atom stereocenters. The minimum absolute atomic E-state index is 0. The van der Waals surface area contributed by atoms with Crippen LogP contribution in [0.15, 0.2) is 24.5 Å². The van der Waals surface area contributed by atoms with Crippen molar-refractivity contribution < 1.29 is 4.74 Å². The number of nitrogens with one attached hydrogen (secondary N) is 2. The van der Waals surface area contributed by atoms with Crippen LogP contribution in [0.4, 0.5) is 0 Å². The van der Waals surface area contributed by atoms with E-state index in [2.05, 4.69) is 32.2 Å². The Balaban J connectivity index is 0.00000132. The second-order valence-electron chi connectivity index (χ2n) is 5.17. The number of aromatic nitrogens is 4. The molecule has 7 nitrogen and oxygen atoms in total. The number of ether oxygens (including phenoxy) is 1. The molecule has 0 unspecified atom stereocenters. The van der Waals surface area contributed by atoms with E-state index in [1.165, 1.54) is 12.8 Å². The standard InChI is InChI=1S/C14H20N6O.2ClH/c1-21-14-5-4-13(20-10-17-18-19-20)7-11(14)8-16-12-3-2-6-15-9-12;;/h4-5,7,10,12,15-16H,2-3,6,8-9H2,1H3;2*1H/t12-;;/m0../s1. The molecule has 2 heterocycles. The molecule has 3 rings (SSSR count). The second kappa shape index (κ2) is 9.67. The summed E-state index contributed by atoms with van der Waals surface area (Å²) < 4.78 is 7.08. The maximum absolute atomic E-state index is 5.44. The Hall–Kier alpha value is -1.41. The van der Waals surface area contributed by atoms with Gasteiger partial charge in [-0.1, -0.05) is 0 Å². The first-order valence-corrected chi connectivity index (χ1v) is 7.21. The van der Waals surface area contributed by atoms with Gasteiger partial charge in [-0.25, -0.2) is 4.68 Å². The number of rotatable bonds is 5. The van der Waals surface area contributed by atoms with Gasteiger partial charge in [-0.05, 0) is 48.0 Å². The third-order valence-electron chi connectivity index (χ3n) is 3.76. The fraction of sp³-hybridized carbons (Fsp3) is 0.500. The first kappa shape index (κ1) is 19.6. The molecule has 2 aromatic rings. The summed E-state index contributed by atoms with van der Waals surface area (Å²) in [5.74, 6) is 0.878. The van der Waals surface area contributed by atoms with Crippen LogP contribution < -0.4 is 15.4 Å². The maximum atomic E-state index is 5.44. The number of tetrazole rings is 1. The van der Waals surface area contributed by atoms with E-state index in [4.69, 9.17) is 4.74 Å². The monoisotopic (exact) mass is 360 g/mol. The Morgan fingerprint density at radius 2 is 2.26 bits per heavy atom. The second-order valence-corrected chi connectivity index (χ2v) is 5.17. The van der Waals surface area contributed by atoms with Crippen molar-refractivity contribution in [3.63, 3.8) is 0 Å². The van der Waals surface area contributed by atoms with Gasteiger partial charge >= 0.3 is 0 Å². The van der Waals surface area contributed by atoms with E-state index in [9.17, 15) is 0 Å². The minimum Gasteiger partial charge on any atom is -0.496 e. The predicted octanol–water partition coefficient (Wildman–Crippen LogP) is 1.36. The van der Waals surface area contributed by atoms with E-state index >= 15 is 0 Å². The third kappa shape index (κ3) is 5.04. The number of hydrogen-bond acceptors (Lipinski definition) is 6. The molecule has 1 fully saturated rings. The highest BCUT2D eigenvalue weighted by Crippen LogP contribution is 2.21. The molecule has 1 aromatic carbocycles. The molecule has 0 aliphatic carbocycles. The molecule has 0 radical (unpaired) electrons. The average molecular weight is 361 g/mol. The predicted molar refractivity (Wildman–Crippen MR) is 92.9 cm³/mol. The van der Waals surface area contributed by atoms with Crippen molar-refractivity contribution in [1.29, 1.82) is 0 Å². The summed E-state index contributed by atoms with van der Waals surface area (Å²) in [7, 11) is 1.69. The van der Waals surface area contributed by atoms with Crippen LogP contribution in [0.3, 0.4) is 0 Å². The Kier molecular flexibility index (Phi) is 8.25. The average Bonchev–Trinajstić information content (AvgIpc) is 3.08.